The molecule has 1 aliphatic heterocycles. The number of nitrogens with one attached hydrogen (secondary N) is 1. The van der Waals surface area contributed by atoms with Gasteiger partial charge in [0.15, 0.2) is 10.8 Å². The van der Waals surface area contributed by atoms with Crippen LogP contribution in [0.5, 0.6) is 0 Å². The smallest absolute Gasteiger partial charge is 0.180 e. The number of nitrogens with zero attached hydrogens (tertiary/aromatic N) is 5. The number of fused-ring (bicyclic) bond motifs is 1. The quantitative estimate of drug-likeness (QED) is 0.461. The second-order valence-corrected chi connectivity index (χ2v) is 7.88. The van der Waals surface area contributed by atoms with E-state index in [9.17, 15) is 19.0 Å². The summed E-state index contributed by atoms with van der Waals surface area (Å²) in [6.45, 7) is 1.01. The van der Waals surface area contributed by atoms with Crippen LogP contribution in [0.1, 0.15) is 24.4 Å². The van der Waals surface area contributed by atoms with E-state index in [4.69, 9.17) is 17.2 Å². The molecule has 0 bridgehead atoms. The third-order valence-electron chi connectivity index (χ3n) is 5.49. The average molecular weight is 463 g/mol. The Hall–Kier alpha value is -2.89. The van der Waals surface area contributed by atoms with Crippen molar-refractivity contribution in [1.82, 2.24) is 19.5 Å². The zero-order chi connectivity index (χ0) is 22.7. The molecule has 1 aromatic carbocycles. The molecule has 170 valence electrons. The van der Waals surface area contributed by atoms with E-state index in [0.717, 1.165) is 18.6 Å². The first-order chi connectivity index (χ1) is 15.5. The van der Waals surface area contributed by atoms with Gasteiger partial charge in [0.2, 0.25) is 0 Å². The molecule has 2 aromatic heterocycles. The molecular formula is C21H24F2N6O2S. The molecule has 0 saturated carbocycles. The van der Waals surface area contributed by atoms with E-state index in [-0.39, 0.29) is 32.3 Å². The maximum Gasteiger partial charge on any atom is 0.180 e. The molecule has 0 spiro atoms. The SMILES string of the molecule is OCCN(CCO)C(=S)Nc1cnn2ccc(N3CCC[C@@H]3c3cc(F)ccc3F)nc12. The predicted octanol–water partition coefficient (Wildman–Crippen LogP) is 2.33. The first-order valence-electron chi connectivity index (χ1n) is 10.4. The summed E-state index contributed by atoms with van der Waals surface area (Å²) in [5.41, 5.74) is 1.40. The first kappa shape index (κ1) is 22.3. The molecule has 1 atom stereocenters. The Balaban J connectivity index is 1.62. The van der Waals surface area contributed by atoms with Gasteiger partial charge >= 0.3 is 0 Å². The molecule has 32 heavy (non-hydrogen) atoms. The molecule has 3 heterocycles. The van der Waals surface area contributed by atoms with Crippen LogP contribution in [0, 0.1) is 11.6 Å². The summed E-state index contributed by atoms with van der Waals surface area (Å²) in [6, 6.07) is 5.00. The highest BCUT2D eigenvalue weighted by molar-refractivity contribution is 7.80. The van der Waals surface area contributed by atoms with Crippen LogP contribution in [0.15, 0.2) is 36.7 Å². The number of aliphatic hydroxyl groups is 2. The van der Waals surface area contributed by atoms with Gasteiger partial charge in [-0.25, -0.2) is 18.3 Å². The number of rotatable bonds is 7. The summed E-state index contributed by atoms with van der Waals surface area (Å²) >= 11 is 5.41. The maximum atomic E-state index is 14.4. The van der Waals surface area contributed by atoms with Gasteiger partial charge in [0.1, 0.15) is 23.1 Å². The van der Waals surface area contributed by atoms with Crippen molar-refractivity contribution in [1.29, 1.82) is 0 Å². The van der Waals surface area contributed by atoms with Gasteiger partial charge in [-0.1, -0.05) is 0 Å². The molecule has 3 N–H and O–H groups in total. The van der Waals surface area contributed by atoms with Crippen LogP contribution in [0.3, 0.4) is 0 Å². The molecule has 1 saturated heterocycles. The lowest BCUT2D eigenvalue weighted by Gasteiger charge is -2.26. The van der Waals surface area contributed by atoms with Gasteiger partial charge in [-0.15, -0.1) is 0 Å². The van der Waals surface area contributed by atoms with E-state index < -0.39 is 11.6 Å². The molecule has 0 radical (unpaired) electrons. The number of anilines is 2. The number of hydrogen-bond donors (Lipinski definition) is 3. The molecule has 1 aliphatic rings. The van der Waals surface area contributed by atoms with E-state index in [0.29, 0.717) is 40.8 Å². The van der Waals surface area contributed by atoms with Gasteiger partial charge in [-0.2, -0.15) is 5.10 Å². The third-order valence-corrected chi connectivity index (χ3v) is 5.85. The van der Waals surface area contributed by atoms with Gasteiger partial charge in [0, 0.05) is 31.4 Å². The predicted molar refractivity (Wildman–Crippen MR) is 121 cm³/mol. The van der Waals surface area contributed by atoms with E-state index in [2.05, 4.69) is 10.4 Å². The number of aromatic nitrogens is 3. The molecule has 8 nitrogen and oxygen atoms in total. The molecule has 11 heteroatoms. The lowest BCUT2D eigenvalue weighted by molar-refractivity contribution is 0.214. The fraction of sp³-hybridized carbons (Fsp3) is 0.381. The number of halogens is 2. The van der Waals surface area contributed by atoms with Crippen LogP contribution in [0.4, 0.5) is 20.3 Å². The summed E-state index contributed by atoms with van der Waals surface area (Å²) in [6.07, 6.45) is 4.86. The molecule has 4 rings (SSSR count). The van der Waals surface area contributed by atoms with Crippen LogP contribution in [-0.4, -0.2) is 67.7 Å². The Morgan fingerprint density at radius 3 is 2.75 bits per heavy atom. The Morgan fingerprint density at radius 1 is 1.22 bits per heavy atom. The summed E-state index contributed by atoms with van der Waals surface area (Å²) in [5, 5.41) is 26.1. The van der Waals surface area contributed by atoms with Crippen molar-refractivity contribution >= 4 is 34.5 Å². The Bertz CT molecular complexity index is 1110. The van der Waals surface area contributed by atoms with Crippen molar-refractivity contribution in [2.75, 3.05) is 43.1 Å². The van der Waals surface area contributed by atoms with E-state index in [1.165, 1.54) is 6.07 Å². The number of thiocarbonyl (C=S) groups is 1. The molecule has 1 fully saturated rings. The second kappa shape index (κ2) is 9.72. The van der Waals surface area contributed by atoms with Gasteiger partial charge in [0.05, 0.1) is 25.5 Å². The zero-order valence-corrected chi connectivity index (χ0v) is 18.1. The zero-order valence-electron chi connectivity index (χ0n) is 17.3. The summed E-state index contributed by atoms with van der Waals surface area (Å²) in [5.74, 6) is -0.280. The maximum absolute atomic E-state index is 14.4. The summed E-state index contributed by atoms with van der Waals surface area (Å²) in [7, 11) is 0. The van der Waals surface area contributed by atoms with Crippen LogP contribution in [0.2, 0.25) is 0 Å². The van der Waals surface area contributed by atoms with Gasteiger partial charge < -0.3 is 25.3 Å². The van der Waals surface area contributed by atoms with E-state index in [1.807, 2.05) is 4.90 Å². The Kier molecular flexibility index (Phi) is 6.77. The topological polar surface area (TPSA) is 89.2 Å². The lowest BCUT2D eigenvalue weighted by atomic mass is 10.0. The van der Waals surface area contributed by atoms with Crippen molar-refractivity contribution in [3.05, 3.63) is 53.9 Å². The van der Waals surface area contributed by atoms with Gasteiger partial charge in [0.25, 0.3) is 0 Å². The highest BCUT2D eigenvalue weighted by Crippen LogP contribution is 2.37. The Morgan fingerprint density at radius 2 is 2.00 bits per heavy atom. The second-order valence-electron chi connectivity index (χ2n) is 7.49. The minimum Gasteiger partial charge on any atom is -0.395 e. The molecule has 0 unspecified atom stereocenters. The summed E-state index contributed by atoms with van der Waals surface area (Å²) < 4.78 is 29.8. The van der Waals surface area contributed by atoms with Crippen LogP contribution in [-0.2, 0) is 0 Å². The largest absolute Gasteiger partial charge is 0.395 e. The molecule has 0 amide bonds. The summed E-state index contributed by atoms with van der Waals surface area (Å²) in [4.78, 5) is 8.33. The highest BCUT2D eigenvalue weighted by Gasteiger charge is 2.30. The minimum atomic E-state index is -0.470. The first-order valence-corrected chi connectivity index (χ1v) is 10.8. The van der Waals surface area contributed by atoms with Crippen molar-refractivity contribution in [3.63, 3.8) is 0 Å². The van der Waals surface area contributed by atoms with Crippen molar-refractivity contribution in [2.45, 2.75) is 18.9 Å². The van der Waals surface area contributed by atoms with Crippen molar-refractivity contribution < 1.29 is 19.0 Å². The number of hydrogen-bond acceptors (Lipinski definition) is 6. The average Bonchev–Trinajstić information content (AvgIpc) is 3.42. The number of benzene rings is 1. The number of aliphatic hydroxyl groups excluding tert-OH is 2. The fourth-order valence-corrected chi connectivity index (χ4v) is 4.28. The molecule has 3 aromatic rings. The van der Waals surface area contributed by atoms with E-state index in [1.54, 1.807) is 27.9 Å². The lowest BCUT2D eigenvalue weighted by Crippen LogP contribution is -2.38. The van der Waals surface area contributed by atoms with Crippen LogP contribution in [0.25, 0.3) is 5.65 Å². The van der Waals surface area contributed by atoms with Gasteiger partial charge in [-0.05, 0) is 49.3 Å². The van der Waals surface area contributed by atoms with Crippen molar-refractivity contribution in [2.24, 2.45) is 0 Å². The third kappa shape index (κ3) is 4.50. The van der Waals surface area contributed by atoms with Crippen LogP contribution >= 0.6 is 12.2 Å². The monoisotopic (exact) mass is 462 g/mol. The molecular weight excluding hydrogens is 438 g/mol. The normalized spacial score (nSPS) is 16.0. The highest BCUT2D eigenvalue weighted by atomic mass is 32.1. The van der Waals surface area contributed by atoms with Crippen molar-refractivity contribution in [3.8, 4) is 0 Å². The van der Waals surface area contributed by atoms with Gasteiger partial charge in [-0.3, -0.25) is 0 Å². The molecule has 0 aliphatic carbocycles. The standard InChI is InChI=1S/C21H24F2N6O2S/c22-14-3-4-16(23)15(12-14)18-2-1-6-28(18)19-5-7-29-20(26-19)17(13-24-29)25-21(32)27(8-10-30)9-11-31/h3-5,7,12-13,18,30-31H,1-2,6,8-11H2,(H,25,32)/t18-/m1/s1. The van der Waals surface area contributed by atoms with Crippen LogP contribution < -0.4 is 10.2 Å². The fourth-order valence-electron chi connectivity index (χ4n) is 3.99. The Labute approximate surface area is 189 Å². The minimum absolute atomic E-state index is 0.105. The van der Waals surface area contributed by atoms with E-state index >= 15 is 0 Å².